The summed E-state index contributed by atoms with van der Waals surface area (Å²) in [7, 11) is 0. The highest BCUT2D eigenvalue weighted by Gasteiger charge is 2.25. The van der Waals surface area contributed by atoms with Gasteiger partial charge >= 0.3 is 0 Å². The average molecular weight is 715 g/mol. The number of rotatable bonds is 8. The first-order valence-corrected chi connectivity index (χ1v) is 18.0. The van der Waals surface area contributed by atoms with E-state index in [1.54, 1.807) is 24.3 Å². The molecule has 4 aliphatic heterocycles. The SMILES string of the molecule is CCOc1ccc2c(c1)CCn1c(OC[C@@H]3COCCO3)cc(=O)c(C)c1-2.Cc1c2n(c(OC[C@@H]3COCCO3)cc1=O)CCc1cc(O)ccc1-2. The van der Waals surface area contributed by atoms with Crippen LogP contribution in [0.15, 0.2) is 58.1 Å². The normalized spacial score (nSPS) is 18.8. The van der Waals surface area contributed by atoms with Gasteiger partial charge in [-0.2, -0.15) is 0 Å². The first-order valence-electron chi connectivity index (χ1n) is 18.0. The maximum Gasteiger partial charge on any atom is 0.197 e. The summed E-state index contributed by atoms with van der Waals surface area (Å²) < 4.78 is 43.7. The fourth-order valence-corrected chi connectivity index (χ4v) is 7.20. The third kappa shape index (κ3) is 7.61. The van der Waals surface area contributed by atoms with Crippen molar-refractivity contribution in [3.63, 3.8) is 0 Å². The van der Waals surface area contributed by atoms with Crippen LogP contribution in [0.3, 0.4) is 0 Å². The van der Waals surface area contributed by atoms with Crippen LogP contribution in [0.25, 0.3) is 22.5 Å². The zero-order chi connectivity index (χ0) is 36.2. The van der Waals surface area contributed by atoms with E-state index in [2.05, 4.69) is 10.6 Å². The van der Waals surface area contributed by atoms with E-state index in [1.807, 2.05) is 43.5 Å². The Hall–Kier alpha value is -4.62. The fourth-order valence-electron chi connectivity index (χ4n) is 7.20. The Morgan fingerprint density at radius 3 is 1.71 bits per heavy atom. The van der Waals surface area contributed by atoms with E-state index in [0.717, 1.165) is 58.8 Å². The standard InChI is InChI=1S/C21H25NO5.C19H21NO5/c1-3-25-16-4-5-18-15(10-16)6-7-22-20(11-19(23)14(2)21(18)22)27-13-17-12-24-8-9-26-17;1-12-17(22)9-18(25-11-15-10-23-6-7-24-15)20-5-4-13-8-14(21)2-3-16(13)19(12)20/h4-5,10-11,17H,3,6-9,12-13H2,1-2H3;2-3,8-9,15,21H,4-7,10-11H2,1H3/t17-;15-/m00/s1. The van der Waals surface area contributed by atoms with E-state index in [0.29, 0.717) is 83.3 Å². The topological polar surface area (TPSA) is 129 Å². The number of hydrogen-bond acceptors (Lipinski definition) is 10. The summed E-state index contributed by atoms with van der Waals surface area (Å²) >= 11 is 0. The lowest BCUT2D eigenvalue weighted by Gasteiger charge is -2.28. The Bertz CT molecular complexity index is 2020. The third-order valence-electron chi connectivity index (χ3n) is 9.83. The summed E-state index contributed by atoms with van der Waals surface area (Å²) in [5, 5.41) is 9.72. The highest BCUT2D eigenvalue weighted by atomic mass is 16.6. The molecule has 0 unspecified atom stereocenters. The van der Waals surface area contributed by atoms with Gasteiger partial charge < -0.3 is 47.4 Å². The van der Waals surface area contributed by atoms with Crippen molar-refractivity contribution in [1.29, 1.82) is 0 Å². The molecule has 2 saturated heterocycles. The number of nitrogens with zero attached hydrogens (tertiary/aromatic N) is 2. The molecule has 4 aromatic rings. The molecular formula is C40H46N2O10. The second-order valence-electron chi connectivity index (χ2n) is 13.3. The third-order valence-corrected chi connectivity index (χ3v) is 9.83. The monoisotopic (exact) mass is 714 g/mol. The number of aromatic hydroxyl groups is 1. The molecule has 0 amide bonds. The van der Waals surface area contributed by atoms with Gasteiger partial charge in [0.2, 0.25) is 0 Å². The predicted octanol–water partition coefficient (Wildman–Crippen LogP) is 4.45. The van der Waals surface area contributed by atoms with Crippen molar-refractivity contribution < 1.29 is 38.3 Å². The lowest BCUT2D eigenvalue weighted by molar-refractivity contribution is -0.102. The van der Waals surface area contributed by atoms with Crippen molar-refractivity contribution in [2.45, 2.75) is 58.9 Å². The van der Waals surface area contributed by atoms with Crippen LogP contribution in [0.2, 0.25) is 0 Å². The first-order chi connectivity index (χ1) is 25.3. The molecule has 0 bridgehead atoms. The van der Waals surface area contributed by atoms with Crippen molar-refractivity contribution >= 4 is 0 Å². The van der Waals surface area contributed by atoms with Crippen molar-refractivity contribution in [2.75, 3.05) is 59.5 Å². The van der Waals surface area contributed by atoms with E-state index >= 15 is 0 Å². The van der Waals surface area contributed by atoms with Gasteiger partial charge in [-0.3, -0.25) is 9.59 Å². The Balaban J connectivity index is 0.000000162. The molecule has 2 aromatic heterocycles. The quantitative estimate of drug-likeness (QED) is 0.280. The van der Waals surface area contributed by atoms with Crippen LogP contribution < -0.4 is 25.1 Å². The molecule has 276 valence electrons. The van der Waals surface area contributed by atoms with Crippen LogP contribution in [-0.2, 0) is 44.9 Å². The van der Waals surface area contributed by atoms with Gasteiger partial charge in [0.15, 0.2) is 22.6 Å². The summed E-state index contributed by atoms with van der Waals surface area (Å²) in [4.78, 5) is 25.0. The number of hydrogen-bond donors (Lipinski definition) is 1. The molecule has 52 heavy (non-hydrogen) atoms. The summed E-state index contributed by atoms with van der Waals surface area (Å²) in [6.45, 7) is 11.9. The molecule has 2 atom stereocenters. The van der Waals surface area contributed by atoms with E-state index < -0.39 is 0 Å². The molecule has 0 radical (unpaired) electrons. The molecule has 2 fully saturated rings. The largest absolute Gasteiger partial charge is 0.508 e. The molecule has 12 nitrogen and oxygen atoms in total. The van der Waals surface area contributed by atoms with Crippen LogP contribution >= 0.6 is 0 Å². The van der Waals surface area contributed by atoms with Gasteiger partial charge in [-0.05, 0) is 81.1 Å². The minimum atomic E-state index is -0.116. The second-order valence-corrected chi connectivity index (χ2v) is 13.3. The number of aromatic nitrogens is 2. The van der Waals surface area contributed by atoms with E-state index in [4.69, 9.17) is 33.2 Å². The lowest BCUT2D eigenvalue weighted by Crippen LogP contribution is -2.34. The van der Waals surface area contributed by atoms with Crippen LogP contribution in [-0.4, -0.2) is 85.9 Å². The Kier molecular flexibility index (Phi) is 11.0. The number of ether oxygens (including phenoxy) is 7. The maximum absolute atomic E-state index is 12.6. The highest BCUT2D eigenvalue weighted by Crippen LogP contribution is 2.37. The Labute approximate surface area is 302 Å². The zero-order valence-corrected chi connectivity index (χ0v) is 30.0. The molecule has 6 heterocycles. The summed E-state index contributed by atoms with van der Waals surface area (Å²) in [5.74, 6) is 2.26. The van der Waals surface area contributed by atoms with Gasteiger partial charge in [0.05, 0.1) is 57.6 Å². The number of aryl methyl sites for hydroxylation is 2. The maximum atomic E-state index is 12.6. The molecule has 12 heteroatoms. The van der Waals surface area contributed by atoms with E-state index in [9.17, 15) is 14.7 Å². The first kappa shape index (κ1) is 35.8. The number of phenols is 1. The lowest BCUT2D eigenvalue weighted by atomic mass is 9.94. The van der Waals surface area contributed by atoms with E-state index in [1.165, 1.54) is 5.56 Å². The fraction of sp³-hybridized carbons (Fsp3) is 0.450. The number of benzene rings is 2. The van der Waals surface area contributed by atoms with Gasteiger partial charge in [-0.1, -0.05) is 0 Å². The highest BCUT2D eigenvalue weighted by molar-refractivity contribution is 5.71. The van der Waals surface area contributed by atoms with E-state index in [-0.39, 0.29) is 28.8 Å². The zero-order valence-electron chi connectivity index (χ0n) is 30.0. The molecule has 0 aliphatic carbocycles. The summed E-state index contributed by atoms with van der Waals surface area (Å²) in [6, 6.07) is 14.5. The van der Waals surface area contributed by atoms with Crippen molar-refractivity contribution in [1.82, 2.24) is 9.13 Å². The minimum Gasteiger partial charge on any atom is -0.508 e. The van der Waals surface area contributed by atoms with Crippen molar-refractivity contribution in [3.8, 4) is 45.8 Å². The molecule has 0 saturated carbocycles. The summed E-state index contributed by atoms with van der Waals surface area (Å²) in [6.07, 6.45) is 1.42. The van der Waals surface area contributed by atoms with Crippen LogP contribution in [0, 0.1) is 13.8 Å². The summed E-state index contributed by atoms with van der Waals surface area (Å²) in [5.41, 5.74) is 7.45. The van der Waals surface area contributed by atoms with Crippen LogP contribution in [0.4, 0.5) is 0 Å². The van der Waals surface area contributed by atoms with Crippen molar-refractivity contribution in [3.05, 3.63) is 91.2 Å². The predicted molar refractivity (Wildman–Crippen MR) is 194 cm³/mol. The van der Waals surface area contributed by atoms with Gasteiger partial charge in [-0.25, -0.2) is 0 Å². The average Bonchev–Trinajstić information content (AvgIpc) is 3.17. The van der Waals surface area contributed by atoms with Crippen molar-refractivity contribution in [2.24, 2.45) is 0 Å². The molecule has 2 aromatic carbocycles. The number of pyridine rings is 2. The van der Waals surface area contributed by atoms with Crippen LogP contribution in [0.5, 0.6) is 23.3 Å². The number of phenolic OH excluding ortho intramolecular Hbond substituents is 1. The Morgan fingerprint density at radius 1 is 0.692 bits per heavy atom. The van der Waals surface area contributed by atoms with Gasteiger partial charge in [-0.15, -0.1) is 0 Å². The van der Waals surface area contributed by atoms with Gasteiger partial charge in [0.25, 0.3) is 0 Å². The van der Waals surface area contributed by atoms with Crippen LogP contribution in [0.1, 0.15) is 29.2 Å². The molecule has 8 rings (SSSR count). The minimum absolute atomic E-state index is 0.0150. The number of fused-ring (bicyclic) bond motifs is 6. The second kappa shape index (κ2) is 16.0. The molecular weight excluding hydrogens is 668 g/mol. The Morgan fingerprint density at radius 2 is 1.21 bits per heavy atom. The molecule has 0 spiro atoms. The van der Waals surface area contributed by atoms with Gasteiger partial charge in [0.1, 0.15) is 36.9 Å². The molecule has 1 N–H and O–H groups in total. The molecule has 4 aliphatic rings. The van der Waals surface area contributed by atoms with Gasteiger partial charge in [0, 0.05) is 47.5 Å². The smallest absolute Gasteiger partial charge is 0.197 e.